The summed E-state index contributed by atoms with van der Waals surface area (Å²) >= 11 is 0. The molecule has 1 N–H and O–H groups in total. The molecule has 0 saturated carbocycles. The van der Waals surface area contributed by atoms with Gasteiger partial charge in [-0.2, -0.15) is 0 Å². The Morgan fingerprint density at radius 1 is 0.967 bits per heavy atom. The summed E-state index contributed by atoms with van der Waals surface area (Å²) in [6.45, 7) is 2.93. The minimum absolute atomic E-state index is 0.0313. The van der Waals surface area contributed by atoms with Crippen LogP contribution in [0, 0.1) is 0 Å². The Bertz CT molecular complexity index is 922. The van der Waals surface area contributed by atoms with E-state index in [1.54, 1.807) is 17.0 Å². The van der Waals surface area contributed by atoms with Crippen molar-refractivity contribution in [3.63, 3.8) is 0 Å². The molecule has 0 saturated heterocycles. The SMILES string of the molecule is CCCC(=O)NCCCN(C(=O)c1ccco1)c1ccc(Oc2ccccc2)cc1. The van der Waals surface area contributed by atoms with Gasteiger partial charge >= 0.3 is 0 Å². The summed E-state index contributed by atoms with van der Waals surface area (Å²) in [6.07, 6.45) is 3.43. The number of carbonyl (C=O) groups is 2. The molecule has 6 nitrogen and oxygen atoms in total. The Hall–Kier alpha value is -3.54. The van der Waals surface area contributed by atoms with E-state index >= 15 is 0 Å². The first-order valence-corrected chi connectivity index (χ1v) is 10.1. The van der Waals surface area contributed by atoms with Crippen molar-refractivity contribution in [2.45, 2.75) is 26.2 Å². The van der Waals surface area contributed by atoms with Crippen molar-refractivity contribution in [2.75, 3.05) is 18.0 Å². The van der Waals surface area contributed by atoms with Gasteiger partial charge in [0.25, 0.3) is 5.91 Å². The summed E-state index contributed by atoms with van der Waals surface area (Å²) in [6, 6.07) is 20.2. The molecule has 156 valence electrons. The van der Waals surface area contributed by atoms with Crippen LogP contribution in [-0.4, -0.2) is 24.9 Å². The number of furan rings is 1. The van der Waals surface area contributed by atoms with Crippen molar-refractivity contribution < 1.29 is 18.7 Å². The van der Waals surface area contributed by atoms with Gasteiger partial charge in [0, 0.05) is 25.2 Å². The first-order valence-electron chi connectivity index (χ1n) is 10.1. The molecule has 0 aliphatic heterocycles. The van der Waals surface area contributed by atoms with Crippen LogP contribution in [0.4, 0.5) is 5.69 Å². The third kappa shape index (κ3) is 5.98. The lowest BCUT2D eigenvalue weighted by atomic mass is 10.2. The number of anilines is 1. The summed E-state index contributed by atoms with van der Waals surface area (Å²) in [7, 11) is 0. The van der Waals surface area contributed by atoms with E-state index in [1.165, 1.54) is 6.26 Å². The normalized spacial score (nSPS) is 10.4. The maximum Gasteiger partial charge on any atom is 0.293 e. The number of hydrogen-bond donors (Lipinski definition) is 1. The second-order valence-corrected chi connectivity index (χ2v) is 6.80. The van der Waals surface area contributed by atoms with Gasteiger partial charge in [-0.05, 0) is 61.4 Å². The molecule has 0 unspecified atom stereocenters. The number of carbonyl (C=O) groups excluding carboxylic acids is 2. The first-order chi connectivity index (χ1) is 14.7. The average molecular weight is 406 g/mol. The second kappa shape index (κ2) is 10.9. The van der Waals surface area contributed by atoms with Crippen molar-refractivity contribution in [3.8, 4) is 11.5 Å². The van der Waals surface area contributed by atoms with E-state index in [0.717, 1.165) is 17.9 Å². The van der Waals surface area contributed by atoms with Gasteiger partial charge in [0.15, 0.2) is 5.76 Å². The Kier molecular flexibility index (Phi) is 7.66. The van der Waals surface area contributed by atoms with Crippen LogP contribution in [0.15, 0.2) is 77.4 Å². The van der Waals surface area contributed by atoms with E-state index < -0.39 is 0 Å². The van der Waals surface area contributed by atoms with Crippen LogP contribution in [0.5, 0.6) is 11.5 Å². The Morgan fingerprint density at radius 3 is 2.37 bits per heavy atom. The van der Waals surface area contributed by atoms with Crippen LogP contribution in [-0.2, 0) is 4.79 Å². The molecule has 0 spiro atoms. The molecule has 2 amide bonds. The quantitative estimate of drug-likeness (QED) is 0.480. The summed E-state index contributed by atoms with van der Waals surface area (Å²) < 4.78 is 11.1. The largest absolute Gasteiger partial charge is 0.459 e. The second-order valence-electron chi connectivity index (χ2n) is 6.80. The zero-order chi connectivity index (χ0) is 21.2. The number of rotatable bonds is 10. The molecule has 3 aromatic rings. The van der Waals surface area contributed by atoms with Gasteiger partial charge in [-0.3, -0.25) is 9.59 Å². The fourth-order valence-electron chi connectivity index (χ4n) is 2.98. The maximum atomic E-state index is 12.9. The summed E-state index contributed by atoms with van der Waals surface area (Å²) in [5, 5.41) is 2.88. The highest BCUT2D eigenvalue weighted by molar-refractivity contribution is 6.04. The fourth-order valence-corrected chi connectivity index (χ4v) is 2.98. The smallest absolute Gasteiger partial charge is 0.293 e. The topological polar surface area (TPSA) is 71.8 Å². The van der Waals surface area contributed by atoms with E-state index in [9.17, 15) is 9.59 Å². The molecule has 0 radical (unpaired) electrons. The average Bonchev–Trinajstić information content (AvgIpc) is 3.30. The minimum Gasteiger partial charge on any atom is -0.459 e. The molecule has 1 aromatic heterocycles. The molecular formula is C24H26N2O4. The monoisotopic (exact) mass is 406 g/mol. The van der Waals surface area contributed by atoms with Crippen molar-refractivity contribution in [1.29, 1.82) is 0 Å². The lowest BCUT2D eigenvalue weighted by Crippen LogP contribution is -2.34. The lowest BCUT2D eigenvalue weighted by Gasteiger charge is -2.22. The van der Waals surface area contributed by atoms with Gasteiger partial charge in [0.1, 0.15) is 11.5 Å². The molecule has 6 heteroatoms. The van der Waals surface area contributed by atoms with Gasteiger partial charge in [-0.25, -0.2) is 0 Å². The van der Waals surface area contributed by atoms with Gasteiger partial charge in [-0.1, -0.05) is 25.1 Å². The van der Waals surface area contributed by atoms with Crippen LogP contribution in [0.2, 0.25) is 0 Å². The van der Waals surface area contributed by atoms with Crippen molar-refractivity contribution in [3.05, 3.63) is 78.8 Å². The number of hydrogen-bond acceptors (Lipinski definition) is 4. The molecule has 0 aliphatic rings. The predicted molar refractivity (Wildman–Crippen MR) is 116 cm³/mol. The third-order valence-electron chi connectivity index (χ3n) is 4.46. The third-order valence-corrected chi connectivity index (χ3v) is 4.46. The van der Waals surface area contributed by atoms with Crippen molar-refractivity contribution in [2.24, 2.45) is 0 Å². The van der Waals surface area contributed by atoms with Crippen LogP contribution in [0.1, 0.15) is 36.7 Å². The van der Waals surface area contributed by atoms with E-state index in [2.05, 4.69) is 5.32 Å². The zero-order valence-corrected chi connectivity index (χ0v) is 17.0. The standard InChI is InChI=1S/C24H26N2O4/c1-2-8-23(27)25-16-7-17-26(24(28)22-11-6-18-29-22)19-12-14-21(15-13-19)30-20-9-4-3-5-10-20/h3-6,9-15,18H,2,7-8,16-17H2,1H3,(H,25,27). The molecule has 0 atom stereocenters. The molecule has 0 fully saturated rings. The van der Waals surface area contributed by atoms with Gasteiger partial charge in [0.2, 0.25) is 5.91 Å². The molecule has 3 rings (SSSR count). The van der Waals surface area contributed by atoms with Crippen LogP contribution >= 0.6 is 0 Å². The number of amides is 2. The van der Waals surface area contributed by atoms with Crippen LogP contribution in [0.3, 0.4) is 0 Å². The minimum atomic E-state index is -0.225. The highest BCUT2D eigenvalue weighted by Crippen LogP contribution is 2.25. The number of nitrogens with zero attached hydrogens (tertiary/aromatic N) is 1. The Labute approximate surface area is 176 Å². The summed E-state index contributed by atoms with van der Waals surface area (Å²) in [5.74, 6) is 1.51. The Morgan fingerprint density at radius 2 is 1.70 bits per heavy atom. The van der Waals surface area contributed by atoms with Gasteiger partial charge in [-0.15, -0.1) is 0 Å². The maximum absolute atomic E-state index is 12.9. The highest BCUT2D eigenvalue weighted by atomic mass is 16.5. The molecule has 30 heavy (non-hydrogen) atoms. The number of para-hydroxylation sites is 1. The fraction of sp³-hybridized carbons (Fsp3) is 0.250. The molecular weight excluding hydrogens is 380 g/mol. The van der Waals surface area contributed by atoms with Crippen LogP contribution in [0.25, 0.3) is 0 Å². The predicted octanol–water partition coefficient (Wildman–Crippen LogP) is 5.03. The summed E-state index contributed by atoms with van der Waals surface area (Å²) in [5.41, 5.74) is 0.733. The molecule has 0 bridgehead atoms. The van der Waals surface area contributed by atoms with Crippen molar-refractivity contribution >= 4 is 17.5 Å². The molecule has 0 aliphatic carbocycles. The van der Waals surface area contributed by atoms with Crippen molar-refractivity contribution in [1.82, 2.24) is 5.32 Å². The number of benzene rings is 2. The van der Waals surface area contributed by atoms with Gasteiger partial charge < -0.3 is 19.4 Å². The molecule has 2 aromatic carbocycles. The van der Waals surface area contributed by atoms with Crippen LogP contribution < -0.4 is 15.0 Å². The highest BCUT2D eigenvalue weighted by Gasteiger charge is 2.20. The van der Waals surface area contributed by atoms with E-state index in [1.807, 2.05) is 61.5 Å². The first kappa shape index (κ1) is 21.2. The zero-order valence-electron chi connectivity index (χ0n) is 17.0. The number of nitrogens with one attached hydrogen (secondary N) is 1. The van der Waals surface area contributed by atoms with Gasteiger partial charge in [0.05, 0.1) is 6.26 Å². The summed E-state index contributed by atoms with van der Waals surface area (Å²) in [4.78, 5) is 26.2. The van der Waals surface area contributed by atoms with E-state index in [0.29, 0.717) is 31.7 Å². The Balaban J connectivity index is 1.68. The van der Waals surface area contributed by atoms with E-state index in [4.69, 9.17) is 9.15 Å². The lowest BCUT2D eigenvalue weighted by molar-refractivity contribution is -0.121. The molecule has 1 heterocycles. The number of ether oxygens (including phenoxy) is 1. The van der Waals surface area contributed by atoms with E-state index in [-0.39, 0.29) is 17.6 Å².